The minimum absolute atomic E-state index is 0.289. The van der Waals surface area contributed by atoms with E-state index in [1.165, 1.54) is 12.0 Å². The Morgan fingerprint density at radius 3 is 2.44 bits per heavy atom. The lowest BCUT2D eigenvalue weighted by Crippen LogP contribution is -2.24. The van der Waals surface area contributed by atoms with Crippen LogP contribution in [0.25, 0.3) is 0 Å². The van der Waals surface area contributed by atoms with Gasteiger partial charge >= 0.3 is 0 Å². The summed E-state index contributed by atoms with van der Waals surface area (Å²) in [6.45, 7) is 6.77. The van der Waals surface area contributed by atoms with E-state index in [2.05, 4.69) is 32.2 Å². The summed E-state index contributed by atoms with van der Waals surface area (Å²) in [6.07, 6.45) is 1.25. The SMILES string of the molecule is COc1ccc(C(C)NC2CC2(C)C)c(OC)c1. The molecule has 0 saturated heterocycles. The molecule has 3 heteroatoms. The molecule has 0 bridgehead atoms. The fourth-order valence-corrected chi connectivity index (χ4v) is 2.32. The standard InChI is InChI=1S/C15H23NO2/c1-10(16-14-9-15(14,2)3)12-7-6-11(17-4)8-13(12)18-5/h6-8,10,14,16H,9H2,1-5H3. The number of rotatable bonds is 5. The van der Waals surface area contributed by atoms with Crippen LogP contribution < -0.4 is 14.8 Å². The number of hydrogen-bond donors (Lipinski definition) is 1. The Bertz CT molecular complexity index is 429. The van der Waals surface area contributed by atoms with Crippen molar-refractivity contribution in [1.29, 1.82) is 0 Å². The van der Waals surface area contributed by atoms with E-state index in [9.17, 15) is 0 Å². The van der Waals surface area contributed by atoms with Crippen LogP contribution in [-0.4, -0.2) is 20.3 Å². The highest BCUT2D eigenvalue weighted by Gasteiger charge is 2.46. The van der Waals surface area contributed by atoms with Gasteiger partial charge in [-0.3, -0.25) is 0 Å². The molecule has 1 aliphatic carbocycles. The molecular formula is C15H23NO2. The fourth-order valence-electron chi connectivity index (χ4n) is 2.32. The molecule has 1 aromatic rings. The van der Waals surface area contributed by atoms with Crippen LogP contribution in [-0.2, 0) is 0 Å². The van der Waals surface area contributed by atoms with Crippen LogP contribution in [0.5, 0.6) is 11.5 Å². The summed E-state index contributed by atoms with van der Waals surface area (Å²) >= 11 is 0. The van der Waals surface area contributed by atoms with Crippen molar-refractivity contribution in [3.8, 4) is 11.5 Å². The van der Waals surface area contributed by atoms with Gasteiger partial charge in [0.15, 0.2) is 0 Å². The fraction of sp³-hybridized carbons (Fsp3) is 0.600. The molecule has 18 heavy (non-hydrogen) atoms. The van der Waals surface area contributed by atoms with Gasteiger partial charge in [-0.05, 0) is 24.8 Å². The van der Waals surface area contributed by atoms with E-state index in [-0.39, 0.29) is 6.04 Å². The van der Waals surface area contributed by atoms with Crippen molar-refractivity contribution >= 4 is 0 Å². The number of methoxy groups -OCH3 is 2. The molecular weight excluding hydrogens is 226 g/mol. The quantitative estimate of drug-likeness (QED) is 0.869. The zero-order chi connectivity index (χ0) is 13.3. The molecule has 1 saturated carbocycles. The Morgan fingerprint density at radius 1 is 1.28 bits per heavy atom. The normalized spacial score (nSPS) is 22.4. The average molecular weight is 249 g/mol. The van der Waals surface area contributed by atoms with E-state index in [4.69, 9.17) is 9.47 Å². The van der Waals surface area contributed by atoms with Crippen LogP contribution in [0.1, 0.15) is 38.8 Å². The summed E-state index contributed by atoms with van der Waals surface area (Å²) in [4.78, 5) is 0. The zero-order valence-corrected chi connectivity index (χ0v) is 11.9. The largest absolute Gasteiger partial charge is 0.497 e. The summed E-state index contributed by atoms with van der Waals surface area (Å²) in [6, 6.07) is 6.89. The van der Waals surface area contributed by atoms with Crippen LogP contribution in [0, 0.1) is 5.41 Å². The molecule has 100 valence electrons. The van der Waals surface area contributed by atoms with Crippen LogP contribution >= 0.6 is 0 Å². The number of ether oxygens (including phenoxy) is 2. The summed E-state index contributed by atoms with van der Waals surface area (Å²) in [5.74, 6) is 1.71. The molecule has 0 aliphatic heterocycles. The van der Waals surface area contributed by atoms with Crippen molar-refractivity contribution in [1.82, 2.24) is 5.32 Å². The minimum atomic E-state index is 0.289. The third kappa shape index (κ3) is 2.61. The zero-order valence-electron chi connectivity index (χ0n) is 11.9. The third-order valence-electron chi connectivity index (χ3n) is 3.87. The van der Waals surface area contributed by atoms with Crippen molar-refractivity contribution in [2.24, 2.45) is 5.41 Å². The lowest BCUT2D eigenvalue weighted by molar-refractivity contribution is 0.384. The van der Waals surface area contributed by atoms with Gasteiger partial charge < -0.3 is 14.8 Å². The predicted octanol–water partition coefficient (Wildman–Crippen LogP) is 3.15. The van der Waals surface area contributed by atoms with Crippen molar-refractivity contribution < 1.29 is 9.47 Å². The molecule has 0 aromatic heterocycles. The lowest BCUT2D eigenvalue weighted by atomic mass is 10.1. The van der Waals surface area contributed by atoms with Crippen LogP contribution in [0.3, 0.4) is 0 Å². The highest BCUT2D eigenvalue weighted by molar-refractivity contribution is 5.42. The van der Waals surface area contributed by atoms with Gasteiger partial charge in [-0.15, -0.1) is 0 Å². The molecule has 0 radical (unpaired) electrons. The van der Waals surface area contributed by atoms with E-state index < -0.39 is 0 Å². The monoisotopic (exact) mass is 249 g/mol. The molecule has 0 heterocycles. The van der Waals surface area contributed by atoms with Gasteiger partial charge in [0, 0.05) is 23.7 Å². The summed E-state index contributed by atoms with van der Waals surface area (Å²) in [5.41, 5.74) is 1.62. The van der Waals surface area contributed by atoms with Gasteiger partial charge in [-0.1, -0.05) is 19.9 Å². The molecule has 1 aliphatic rings. The molecule has 1 aromatic carbocycles. The Hall–Kier alpha value is -1.22. The van der Waals surface area contributed by atoms with Gasteiger partial charge in [0.25, 0.3) is 0 Å². The van der Waals surface area contributed by atoms with E-state index in [1.54, 1.807) is 14.2 Å². The van der Waals surface area contributed by atoms with Crippen LogP contribution in [0.2, 0.25) is 0 Å². The van der Waals surface area contributed by atoms with E-state index in [0.29, 0.717) is 11.5 Å². The second-order valence-electron chi connectivity index (χ2n) is 5.74. The van der Waals surface area contributed by atoms with Crippen molar-refractivity contribution in [2.45, 2.75) is 39.3 Å². The molecule has 2 rings (SSSR count). The predicted molar refractivity (Wildman–Crippen MR) is 73.3 cm³/mol. The first-order chi connectivity index (χ1) is 8.47. The van der Waals surface area contributed by atoms with E-state index >= 15 is 0 Å². The summed E-state index contributed by atoms with van der Waals surface area (Å²) in [7, 11) is 3.37. The van der Waals surface area contributed by atoms with Gasteiger partial charge in [0.2, 0.25) is 0 Å². The van der Waals surface area contributed by atoms with Gasteiger partial charge in [0.1, 0.15) is 11.5 Å². The van der Waals surface area contributed by atoms with Crippen molar-refractivity contribution in [2.75, 3.05) is 14.2 Å². The maximum Gasteiger partial charge on any atom is 0.127 e. The Morgan fingerprint density at radius 2 is 1.94 bits per heavy atom. The Kier molecular flexibility index (Phi) is 3.53. The Labute approximate surface area is 109 Å². The smallest absolute Gasteiger partial charge is 0.127 e. The maximum atomic E-state index is 5.44. The van der Waals surface area contributed by atoms with Gasteiger partial charge in [0.05, 0.1) is 14.2 Å². The molecule has 2 atom stereocenters. The molecule has 0 spiro atoms. The lowest BCUT2D eigenvalue weighted by Gasteiger charge is -2.19. The van der Waals surface area contributed by atoms with Crippen LogP contribution in [0.4, 0.5) is 0 Å². The van der Waals surface area contributed by atoms with Crippen molar-refractivity contribution in [3.05, 3.63) is 23.8 Å². The minimum Gasteiger partial charge on any atom is -0.497 e. The van der Waals surface area contributed by atoms with Gasteiger partial charge in [-0.2, -0.15) is 0 Å². The maximum absolute atomic E-state index is 5.44. The van der Waals surface area contributed by atoms with Crippen LogP contribution in [0.15, 0.2) is 18.2 Å². The number of nitrogens with one attached hydrogen (secondary N) is 1. The van der Waals surface area contributed by atoms with Gasteiger partial charge in [-0.25, -0.2) is 0 Å². The molecule has 0 amide bonds. The first-order valence-electron chi connectivity index (χ1n) is 6.46. The average Bonchev–Trinajstić information content (AvgIpc) is 2.95. The number of hydrogen-bond acceptors (Lipinski definition) is 3. The summed E-state index contributed by atoms with van der Waals surface area (Å²) < 4.78 is 10.7. The van der Waals surface area contributed by atoms with E-state index in [0.717, 1.165) is 11.5 Å². The Balaban J connectivity index is 2.12. The molecule has 2 unspecified atom stereocenters. The first-order valence-corrected chi connectivity index (χ1v) is 6.46. The summed E-state index contributed by atoms with van der Waals surface area (Å²) in [5, 5.41) is 3.65. The third-order valence-corrected chi connectivity index (χ3v) is 3.87. The second kappa shape index (κ2) is 4.81. The van der Waals surface area contributed by atoms with Crippen molar-refractivity contribution in [3.63, 3.8) is 0 Å². The molecule has 1 fully saturated rings. The number of benzene rings is 1. The van der Waals surface area contributed by atoms with E-state index in [1.807, 2.05) is 12.1 Å². The topological polar surface area (TPSA) is 30.5 Å². The highest BCUT2D eigenvalue weighted by atomic mass is 16.5. The molecule has 1 N–H and O–H groups in total. The molecule has 3 nitrogen and oxygen atoms in total. The first kappa shape index (κ1) is 13.2. The highest BCUT2D eigenvalue weighted by Crippen LogP contribution is 2.46. The second-order valence-corrected chi connectivity index (χ2v) is 5.74.